The SMILES string of the molecule is CN=C(NCc1cccnc1OC1CCCC1)N1CCC(C)C(n2ccnc2)C1.I. The molecule has 1 N–H and O–H groups in total. The molecule has 8 heteroatoms. The molecule has 30 heavy (non-hydrogen) atoms. The third-order valence-electron chi connectivity index (χ3n) is 6.21. The molecule has 2 aromatic rings. The van der Waals surface area contributed by atoms with Gasteiger partial charge in [0.15, 0.2) is 5.96 Å². The van der Waals surface area contributed by atoms with Gasteiger partial charge in [0, 0.05) is 50.8 Å². The molecular weight excluding hydrogens is 491 g/mol. The van der Waals surface area contributed by atoms with Crippen molar-refractivity contribution in [3.63, 3.8) is 0 Å². The Balaban J connectivity index is 0.00000256. The van der Waals surface area contributed by atoms with Gasteiger partial charge in [-0.05, 0) is 44.1 Å². The van der Waals surface area contributed by atoms with Gasteiger partial charge in [0.2, 0.25) is 5.88 Å². The zero-order valence-electron chi connectivity index (χ0n) is 17.9. The number of piperidine rings is 1. The van der Waals surface area contributed by atoms with Crippen LogP contribution in [0.4, 0.5) is 0 Å². The number of nitrogens with zero attached hydrogens (tertiary/aromatic N) is 5. The summed E-state index contributed by atoms with van der Waals surface area (Å²) in [5.41, 5.74) is 1.08. The van der Waals surface area contributed by atoms with Crippen molar-refractivity contribution in [2.24, 2.45) is 10.9 Å². The van der Waals surface area contributed by atoms with Crippen LogP contribution in [0.3, 0.4) is 0 Å². The Labute approximate surface area is 196 Å². The van der Waals surface area contributed by atoms with Gasteiger partial charge < -0.3 is 19.5 Å². The summed E-state index contributed by atoms with van der Waals surface area (Å²) < 4.78 is 8.40. The topological polar surface area (TPSA) is 67.6 Å². The highest BCUT2D eigenvalue weighted by Gasteiger charge is 2.29. The van der Waals surface area contributed by atoms with Crippen LogP contribution in [0.5, 0.6) is 5.88 Å². The zero-order chi connectivity index (χ0) is 20.1. The molecule has 2 atom stereocenters. The van der Waals surface area contributed by atoms with Crippen LogP contribution in [0.15, 0.2) is 42.0 Å². The zero-order valence-corrected chi connectivity index (χ0v) is 20.2. The second-order valence-corrected chi connectivity index (χ2v) is 8.18. The van der Waals surface area contributed by atoms with E-state index in [4.69, 9.17) is 4.74 Å². The quantitative estimate of drug-likeness (QED) is 0.366. The maximum Gasteiger partial charge on any atom is 0.218 e. The Morgan fingerprint density at radius 2 is 2.10 bits per heavy atom. The molecule has 1 aliphatic heterocycles. The van der Waals surface area contributed by atoms with Gasteiger partial charge in [0.05, 0.1) is 12.4 Å². The summed E-state index contributed by atoms with van der Waals surface area (Å²) in [5.74, 6) is 2.30. The summed E-state index contributed by atoms with van der Waals surface area (Å²) in [4.78, 5) is 15.6. The second-order valence-electron chi connectivity index (χ2n) is 8.18. The minimum Gasteiger partial charge on any atom is -0.474 e. The van der Waals surface area contributed by atoms with Crippen molar-refractivity contribution in [1.82, 2.24) is 24.8 Å². The number of aliphatic imine (C=N–C) groups is 1. The maximum absolute atomic E-state index is 6.18. The molecule has 2 unspecified atom stereocenters. The fraction of sp³-hybridized carbons (Fsp3) is 0.591. The molecule has 1 aliphatic carbocycles. The molecule has 2 aromatic heterocycles. The normalized spacial score (nSPS) is 22.6. The average molecular weight is 524 g/mol. The fourth-order valence-corrected chi connectivity index (χ4v) is 4.43. The molecule has 0 amide bonds. The molecule has 0 radical (unpaired) electrons. The van der Waals surface area contributed by atoms with Gasteiger partial charge in [-0.1, -0.05) is 13.0 Å². The summed E-state index contributed by atoms with van der Waals surface area (Å²) in [6.07, 6.45) is 13.9. The van der Waals surface area contributed by atoms with Crippen molar-refractivity contribution in [3.05, 3.63) is 42.6 Å². The van der Waals surface area contributed by atoms with Gasteiger partial charge >= 0.3 is 0 Å². The predicted molar refractivity (Wildman–Crippen MR) is 129 cm³/mol. The Morgan fingerprint density at radius 3 is 2.83 bits per heavy atom. The van der Waals surface area contributed by atoms with E-state index in [-0.39, 0.29) is 24.0 Å². The van der Waals surface area contributed by atoms with Crippen molar-refractivity contribution < 1.29 is 4.74 Å². The number of imidazole rings is 1. The molecule has 1 saturated carbocycles. The maximum atomic E-state index is 6.18. The highest BCUT2D eigenvalue weighted by atomic mass is 127. The van der Waals surface area contributed by atoms with E-state index in [9.17, 15) is 0 Å². The average Bonchev–Trinajstić information content (AvgIpc) is 3.45. The lowest BCUT2D eigenvalue weighted by Gasteiger charge is -2.39. The minimum absolute atomic E-state index is 0. The molecule has 3 heterocycles. The van der Waals surface area contributed by atoms with Crippen LogP contribution >= 0.6 is 24.0 Å². The van der Waals surface area contributed by atoms with Crippen molar-refractivity contribution >= 4 is 29.9 Å². The number of guanidine groups is 1. The van der Waals surface area contributed by atoms with Gasteiger partial charge in [0.1, 0.15) is 6.10 Å². The lowest BCUT2D eigenvalue weighted by Crippen LogP contribution is -2.48. The van der Waals surface area contributed by atoms with Gasteiger partial charge in [-0.15, -0.1) is 24.0 Å². The fourth-order valence-electron chi connectivity index (χ4n) is 4.43. The van der Waals surface area contributed by atoms with E-state index < -0.39 is 0 Å². The lowest BCUT2D eigenvalue weighted by atomic mass is 9.93. The predicted octanol–water partition coefficient (Wildman–Crippen LogP) is 3.88. The Hall–Kier alpha value is -1.84. The van der Waals surface area contributed by atoms with Crippen molar-refractivity contribution in [1.29, 1.82) is 0 Å². The molecule has 0 bridgehead atoms. The number of hydrogen-bond acceptors (Lipinski definition) is 4. The molecule has 7 nitrogen and oxygen atoms in total. The lowest BCUT2D eigenvalue weighted by molar-refractivity contribution is 0.188. The second kappa shape index (κ2) is 11.0. The molecule has 164 valence electrons. The third kappa shape index (κ3) is 5.44. The first-order valence-corrected chi connectivity index (χ1v) is 10.8. The van der Waals surface area contributed by atoms with E-state index in [1.165, 1.54) is 12.8 Å². The summed E-state index contributed by atoms with van der Waals surface area (Å²) in [7, 11) is 1.85. The molecule has 2 fully saturated rings. The highest BCUT2D eigenvalue weighted by Crippen LogP contribution is 2.28. The molecular formula is C22H33IN6O. The highest BCUT2D eigenvalue weighted by molar-refractivity contribution is 14.0. The number of aromatic nitrogens is 3. The number of pyridine rings is 1. The van der Waals surface area contributed by atoms with Crippen LogP contribution in [0.1, 0.15) is 50.6 Å². The van der Waals surface area contributed by atoms with Gasteiger partial charge in [-0.25, -0.2) is 9.97 Å². The molecule has 4 rings (SSSR count). The Kier molecular flexibility index (Phi) is 8.35. The van der Waals surface area contributed by atoms with Crippen LogP contribution in [0, 0.1) is 5.92 Å². The van der Waals surface area contributed by atoms with Crippen LogP contribution in [-0.4, -0.2) is 51.6 Å². The first-order chi connectivity index (χ1) is 14.2. The van der Waals surface area contributed by atoms with E-state index in [0.29, 0.717) is 24.6 Å². The smallest absolute Gasteiger partial charge is 0.218 e. The van der Waals surface area contributed by atoms with E-state index in [1.807, 2.05) is 31.8 Å². The van der Waals surface area contributed by atoms with Crippen LogP contribution < -0.4 is 10.1 Å². The number of rotatable bonds is 5. The first-order valence-electron chi connectivity index (χ1n) is 10.8. The first kappa shape index (κ1) is 22.8. The number of hydrogen-bond donors (Lipinski definition) is 1. The third-order valence-corrected chi connectivity index (χ3v) is 6.21. The summed E-state index contributed by atoms with van der Waals surface area (Å²) in [6.45, 7) is 4.91. The van der Waals surface area contributed by atoms with E-state index in [0.717, 1.165) is 49.8 Å². The Bertz CT molecular complexity index is 806. The minimum atomic E-state index is 0. The molecule has 2 aliphatic rings. The van der Waals surface area contributed by atoms with Crippen LogP contribution in [-0.2, 0) is 6.54 Å². The Morgan fingerprint density at radius 1 is 1.27 bits per heavy atom. The van der Waals surface area contributed by atoms with E-state index >= 15 is 0 Å². The summed E-state index contributed by atoms with van der Waals surface area (Å²) in [6, 6.07) is 4.47. The van der Waals surface area contributed by atoms with E-state index in [1.54, 1.807) is 0 Å². The molecule has 0 aromatic carbocycles. The van der Waals surface area contributed by atoms with Crippen LogP contribution in [0.2, 0.25) is 0 Å². The largest absolute Gasteiger partial charge is 0.474 e. The van der Waals surface area contributed by atoms with E-state index in [2.05, 4.69) is 48.9 Å². The van der Waals surface area contributed by atoms with Crippen molar-refractivity contribution in [3.8, 4) is 5.88 Å². The number of likely N-dealkylation sites (tertiary alicyclic amines) is 1. The van der Waals surface area contributed by atoms with Gasteiger partial charge in [0.25, 0.3) is 0 Å². The van der Waals surface area contributed by atoms with Crippen LogP contribution in [0.25, 0.3) is 0 Å². The molecule has 0 spiro atoms. The standard InChI is InChI=1S/C22H32N6O.HI/c1-17-9-12-27(15-20(17)28-13-11-24-16-28)22(23-2)26-14-18-6-5-10-25-21(18)29-19-7-3-4-8-19;/h5-6,10-11,13,16-17,19-20H,3-4,7-9,12,14-15H2,1-2H3,(H,23,26);1H. The molecule has 1 saturated heterocycles. The number of nitrogens with one attached hydrogen (secondary N) is 1. The number of ether oxygens (including phenoxy) is 1. The monoisotopic (exact) mass is 524 g/mol. The summed E-state index contributed by atoms with van der Waals surface area (Å²) >= 11 is 0. The van der Waals surface area contributed by atoms with Crippen molar-refractivity contribution in [2.45, 2.75) is 57.7 Å². The number of halogens is 1. The van der Waals surface area contributed by atoms with Gasteiger partial charge in [-0.3, -0.25) is 4.99 Å². The summed E-state index contributed by atoms with van der Waals surface area (Å²) in [5, 5.41) is 3.53. The van der Waals surface area contributed by atoms with Crippen molar-refractivity contribution in [2.75, 3.05) is 20.1 Å². The van der Waals surface area contributed by atoms with Gasteiger partial charge in [-0.2, -0.15) is 0 Å².